The van der Waals surface area contributed by atoms with Crippen molar-refractivity contribution in [2.45, 2.75) is 13.0 Å². The fraction of sp³-hybridized carbons (Fsp3) is 0.407. The topological polar surface area (TPSA) is 78.1 Å². The maximum Gasteiger partial charge on any atom is 0.191 e. The molecular weight excluding hydrogens is 491 g/mol. The highest BCUT2D eigenvalue weighted by Gasteiger charge is 2.15. The highest BCUT2D eigenvalue weighted by molar-refractivity contribution is 7.07. The summed E-state index contributed by atoms with van der Waals surface area (Å²) in [4.78, 5) is 10.0. The molecule has 2 N–H and O–H groups in total. The van der Waals surface area contributed by atoms with Crippen LogP contribution in [0.25, 0.3) is 11.3 Å². The lowest BCUT2D eigenvalue weighted by atomic mass is 10.1. The van der Waals surface area contributed by atoms with Gasteiger partial charge in [0.1, 0.15) is 5.82 Å². The Balaban J connectivity index is 1.33. The van der Waals surface area contributed by atoms with Crippen LogP contribution in [0, 0.1) is 11.2 Å². The van der Waals surface area contributed by atoms with Gasteiger partial charge in [0.05, 0.1) is 37.8 Å². The second-order valence-corrected chi connectivity index (χ2v) is 9.85. The third-order valence-corrected chi connectivity index (χ3v) is 7.43. The standard InChI is InChI=1S/C27H33FN6O2S/c28-22-4-6-23(7-5-22)31-27-34(11-1-10-30-26(29)33-14-18-36-19-15-33)25(20-37-27)21-2-8-24(9-3-21)32-12-16-35-17-13-32/h2-9,20H,1,10-19H2,(H2,29,30). The molecular formula is C27H33FN6O2S. The molecule has 5 rings (SSSR count). The van der Waals surface area contributed by atoms with Crippen LogP contribution < -0.4 is 15.0 Å². The summed E-state index contributed by atoms with van der Waals surface area (Å²) in [5.41, 5.74) is 4.15. The summed E-state index contributed by atoms with van der Waals surface area (Å²) in [6, 6.07) is 14.9. The van der Waals surface area contributed by atoms with Crippen molar-refractivity contribution in [3.05, 3.63) is 64.5 Å². The average molecular weight is 525 g/mol. The van der Waals surface area contributed by atoms with E-state index >= 15 is 0 Å². The number of benzene rings is 2. The van der Waals surface area contributed by atoms with E-state index in [0.717, 1.165) is 74.1 Å². The number of hydrogen-bond acceptors (Lipinski definition) is 6. The molecule has 37 heavy (non-hydrogen) atoms. The lowest BCUT2D eigenvalue weighted by Gasteiger charge is -2.29. The molecule has 0 spiro atoms. The van der Waals surface area contributed by atoms with E-state index in [-0.39, 0.29) is 5.82 Å². The fourth-order valence-electron chi connectivity index (χ4n) is 4.50. The summed E-state index contributed by atoms with van der Waals surface area (Å²) in [6.45, 7) is 7.59. The van der Waals surface area contributed by atoms with Crippen LogP contribution in [-0.2, 0) is 16.0 Å². The summed E-state index contributed by atoms with van der Waals surface area (Å²) in [5.74, 6) is 0.182. The molecule has 2 aliphatic heterocycles. The zero-order valence-corrected chi connectivity index (χ0v) is 21.7. The van der Waals surface area contributed by atoms with Crippen LogP contribution in [0.4, 0.5) is 15.8 Å². The molecule has 0 amide bonds. The molecule has 0 atom stereocenters. The first-order valence-electron chi connectivity index (χ1n) is 12.7. The maximum atomic E-state index is 13.4. The van der Waals surface area contributed by atoms with Gasteiger partial charge in [-0.15, -0.1) is 11.3 Å². The van der Waals surface area contributed by atoms with Crippen LogP contribution in [0.3, 0.4) is 0 Å². The smallest absolute Gasteiger partial charge is 0.191 e. The molecule has 0 aliphatic carbocycles. The van der Waals surface area contributed by atoms with Crippen molar-refractivity contribution in [1.82, 2.24) is 14.8 Å². The third-order valence-electron chi connectivity index (χ3n) is 6.57. The highest BCUT2D eigenvalue weighted by Crippen LogP contribution is 2.25. The Morgan fingerprint density at radius 2 is 1.62 bits per heavy atom. The third kappa shape index (κ3) is 6.57. The zero-order valence-electron chi connectivity index (χ0n) is 20.9. The Hall–Kier alpha value is -3.21. The number of hydrogen-bond donors (Lipinski definition) is 2. The van der Waals surface area contributed by atoms with Crippen LogP contribution in [0.5, 0.6) is 0 Å². The second-order valence-electron chi connectivity index (χ2n) is 9.02. The first kappa shape index (κ1) is 25.4. The molecule has 196 valence electrons. The Kier molecular flexibility index (Phi) is 8.49. The largest absolute Gasteiger partial charge is 0.378 e. The Labute approximate surface area is 220 Å². The first-order valence-corrected chi connectivity index (χ1v) is 13.6. The van der Waals surface area contributed by atoms with Gasteiger partial charge < -0.3 is 29.2 Å². The molecule has 3 heterocycles. The number of anilines is 1. The molecule has 1 aromatic heterocycles. The molecule has 2 aliphatic rings. The number of nitrogens with zero attached hydrogens (tertiary/aromatic N) is 4. The fourth-order valence-corrected chi connectivity index (χ4v) is 5.45. The molecule has 0 bridgehead atoms. The molecule has 2 aromatic carbocycles. The van der Waals surface area contributed by atoms with Gasteiger partial charge in [0.15, 0.2) is 10.8 Å². The number of nitrogens with one attached hydrogen (secondary N) is 2. The predicted octanol–water partition coefficient (Wildman–Crippen LogP) is 3.67. The summed E-state index contributed by atoms with van der Waals surface area (Å²) in [6.07, 6.45) is 0.832. The molecule has 3 aromatic rings. The van der Waals surface area contributed by atoms with Crippen molar-refractivity contribution < 1.29 is 13.9 Å². The molecule has 2 saturated heterocycles. The Morgan fingerprint density at radius 3 is 2.32 bits per heavy atom. The minimum Gasteiger partial charge on any atom is -0.378 e. The van der Waals surface area contributed by atoms with Crippen molar-refractivity contribution in [1.29, 1.82) is 5.41 Å². The zero-order chi connectivity index (χ0) is 25.5. The number of ether oxygens (including phenoxy) is 2. The normalized spacial score (nSPS) is 16.7. The summed E-state index contributed by atoms with van der Waals surface area (Å²) >= 11 is 1.58. The Bertz CT molecular complexity index is 1230. The van der Waals surface area contributed by atoms with E-state index in [1.54, 1.807) is 23.5 Å². The number of halogens is 1. The van der Waals surface area contributed by atoms with Gasteiger partial charge in [-0.25, -0.2) is 9.38 Å². The summed E-state index contributed by atoms with van der Waals surface area (Å²) in [7, 11) is 0. The Morgan fingerprint density at radius 1 is 0.946 bits per heavy atom. The average Bonchev–Trinajstić information content (AvgIpc) is 3.35. The van der Waals surface area contributed by atoms with Gasteiger partial charge in [0, 0.05) is 50.3 Å². The number of rotatable bonds is 7. The van der Waals surface area contributed by atoms with Crippen LogP contribution in [0.2, 0.25) is 0 Å². The van der Waals surface area contributed by atoms with Crippen LogP contribution >= 0.6 is 11.3 Å². The SMILES string of the molecule is N=C(NCCCn1c(-c2ccc(N3CCOCC3)cc2)csc1=Nc1ccc(F)cc1)N1CCOCC1. The van der Waals surface area contributed by atoms with Gasteiger partial charge in [-0.3, -0.25) is 5.41 Å². The molecule has 0 radical (unpaired) electrons. The lowest BCUT2D eigenvalue weighted by Crippen LogP contribution is -2.47. The van der Waals surface area contributed by atoms with E-state index in [1.165, 1.54) is 17.8 Å². The van der Waals surface area contributed by atoms with Crippen molar-refractivity contribution >= 4 is 28.7 Å². The van der Waals surface area contributed by atoms with Crippen LogP contribution in [0.1, 0.15) is 6.42 Å². The molecule has 10 heteroatoms. The van der Waals surface area contributed by atoms with E-state index < -0.39 is 0 Å². The van der Waals surface area contributed by atoms with Gasteiger partial charge in [-0.2, -0.15) is 0 Å². The van der Waals surface area contributed by atoms with Crippen molar-refractivity contribution in [2.75, 3.05) is 64.1 Å². The number of guanidine groups is 1. The summed E-state index contributed by atoms with van der Waals surface area (Å²) in [5, 5.41) is 13.7. The van der Waals surface area contributed by atoms with Crippen molar-refractivity contribution in [3.8, 4) is 11.3 Å². The molecule has 2 fully saturated rings. The number of aromatic nitrogens is 1. The molecule has 0 saturated carbocycles. The highest BCUT2D eigenvalue weighted by atomic mass is 32.1. The predicted molar refractivity (Wildman–Crippen MR) is 145 cm³/mol. The van der Waals surface area contributed by atoms with E-state index in [2.05, 4.69) is 44.4 Å². The van der Waals surface area contributed by atoms with E-state index in [9.17, 15) is 4.39 Å². The molecule has 8 nitrogen and oxygen atoms in total. The number of morpholine rings is 2. The molecule has 0 unspecified atom stereocenters. The van der Waals surface area contributed by atoms with Crippen LogP contribution in [0.15, 0.2) is 58.9 Å². The minimum atomic E-state index is -0.271. The lowest BCUT2D eigenvalue weighted by molar-refractivity contribution is 0.0662. The van der Waals surface area contributed by atoms with E-state index in [4.69, 9.17) is 19.9 Å². The van der Waals surface area contributed by atoms with Crippen molar-refractivity contribution in [3.63, 3.8) is 0 Å². The quantitative estimate of drug-likeness (QED) is 0.280. The minimum absolute atomic E-state index is 0.271. The number of thiazole rings is 1. The van der Waals surface area contributed by atoms with Gasteiger partial charge in [0.25, 0.3) is 0 Å². The van der Waals surface area contributed by atoms with Gasteiger partial charge in [-0.05, 0) is 48.4 Å². The monoisotopic (exact) mass is 524 g/mol. The van der Waals surface area contributed by atoms with Crippen molar-refractivity contribution in [2.24, 2.45) is 4.99 Å². The van der Waals surface area contributed by atoms with Gasteiger partial charge in [0.2, 0.25) is 0 Å². The maximum absolute atomic E-state index is 13.4. The van der Waals surface area contributed by atoms with Gasteiger partial charge >= 0.3 is 0 Å². The first-order chi connectivity index (χ1) is 18.2. The van der Waals surface area contributed by atoms with E-state index in [1.807, 2.05) is 4.90 Å². The van der Waals surface area contributed by atoms with Gasteiger partial charge in [-0.1, -0.05) is 12.1 Å². The van der Waals surface area contributed by atoms with E-state index in [0.29, 0.717) is 25.7 Å². The summed E-state index contributed by atoms with van der Waals surface area (Å²) < 4.78 is 26.5. The van der Waals surface area contributed by atoms with Crippen LogP contribution in [-0.4, -0.2) is 74.6 Å². The second kappa shape index (κ2) is 12.4.